The van der Waals surface area contributed by atoms with Crippen molar-refractivity contribution < 1.29 is 31.1 Å². The van der Waals surface area contributed by atoms with Crippen molar-refractivity contribution in [1.29, 1.82) is 0 Å². The zero-order valence-corrected chi connectivity index (χ0v) is 21.9. The van der Waals surface area contributed by atoms with E-state index in [9.17, 15) is 18.0 Å². The third-order valence-electron chi connectivity index (χ3n) is 6.62. The minimum Gasteiger partial charge on any atom is -0.495 e. The summed E-state index contributed by atoms with van der Waals surface area (Å²) in [6.45, 7) is 6.03. The van der Waals surface area contributed by atoms with Crippen LogP contribution >= 0.6 is 0 Å². The van der Waals surface area contributed by atoms with Crippen molar-refractivity contribution in [3.63, 3.8) is 0 Å². The van der Waals surface area contributed by atoms with E-state index < -0.39 is 23.7 Å². The van der Waals surface area contributed by atoms with Crippen LogP contribution < -0.4 is 10.1 Å². The second kappa shape index (κ2) is 13.6. The summed E-state index contributed by atoms with van der Waals surface area (Å²) in [6.07, 6.45) is 2.55. The van der Waals surface area contributed by atoms with Crippen LogP contribution in [0.3, 0.4) is 0 Å². The smallest absolute Gasteiger partial charge is 0.391 e. The molecule has 1 aromatic carbocycles. The largest absolute Gasteiger partial charge is 0.495 e. The quantitative estimate of drug-likeness (QED) is 0.516. The Kier molecular flexibility index (Phi) is 11.1. The van der Waals surface area contributed by atoms with Crippen molar-refractivity contribution >= 4 is 17.5 Å². The van der Waals surface area contributed by atoms with E-state index >= 15 is 0 Å². The lowest BCUT2D eigenvalue weighted by Crippen LogP contribution is -2.31. The van der Waals surface area contributed by atoms with Crippen molar-refractivity contribution in [3.05, 3.63) is 41.5 Å². The monoisotopic (exact) mass is 529 g/mol. The van der Waals surface area contributed by atoms with Crippen LogP contribution in [0, 0.1) is 17.8 Å². The van der Waals surface area contributed by atoms with Crippen molar-refractivity contribution in [1.82, 2.24) is 14.9 Å². The van der Waals surface area contributed by atoms with Crippen molar-refractivity contribution in [2.24, 2.45) is 17.8 Å². The maximum Gasteiger partial charge on any atom is 0.391 e. The van der Waals surface area contributed by atoms with Crippen LogP contribution in [-0.4, -0.2) is 43.7 Å². The fraction of sp³-hybridized carbons (Fsp3) is 0.600. The van der Waals surface area contributed by atoms with Crippen molar-refractivity contribution in [3.8, 4) is 11.4 Å². The van der Waals surface area contributed by atoms with Gasteiger partial charge in [-0.15, -0.1) is 0 Å². The number of nitrogens with zero attached hydrogens (tertiary/aromatic N) is 2. The van der Waals surface area contributed by atoms with E-state index in [4.69, 9.17) is 13.2 Å². The van der Waals surface area contributed by atoms with Crippen LogP contribution in [0.15, 0.2) is 24.4 Å². The SMILES string of the molecule is CCc1nc(C(=O)NCC2CCC(C)CC2)cn1-c1ccc(C[C@@H](C)C(F)(F)F)cc1OC.O=S=O. The summed E-state index contributed by atoms with van der Waals surface area (Å²) in [5.74, 6) is 0.730. The van der Waals surface area contributed by atoms with Gasteiger partial charge in [-0.25, -0.2) is 4.98 Å². The zero-order valence-electron chi connectivity index (χ0n) is 21.1. The first-order chi connectivity index (χ1) is 17.0. The van der Waals surface area contributed by atoms with Crippen molar-refractivity contribution in [2.75, 3.05) is 13.7 Å². The van der Waals surface area contributed by atoms with E-state index in [1.54, 1.807) is 29.0 Å². The highest BCUT2D eigenvalue weighted by Crippen LogP contribution is 2.32. The molecule has 11 heteroatoms. The van der Waals surface area contributed by atoms with Crippen LogP contribution in [0.5, 0.6) is 5.75 Å². The molecule has 2 aromatic rings. The lowest BCUT2D eigenvalue weighted by molar-refractivity contribution is -0.169. The molecule has 1 amide bonds. The first-order valence-corrected chi connectivity index (χ1v) is 12.7. The van der Waals surface area contributed by atoms with Crippen LogP contribution in [0.1, 0.15) is 68.3 Å². The number of benzene rings is 1. The first kappa shape index (κ1) is 29.5. The van der Waals surface area contributed by atoms with E-state index in [0.29, 0.717) is 47.4 Å². The maximum absolute atomic E-state index is 13.0. The molecule has 1 N–H and O–H groups in total. The number of alkyl halides is 3. The number of imidazole rings is 1. The number of nitrogens with one attached hydrogen (secondary N) is 1. The molecule has 1 aliphatic carbocycles. The Morgan fingerprint density at radius 1 is 1.25 bits per heavy atom. The van der Waals surface area contributed by atoms with Crippen LogP contribution in [0.25, 0.3) is 5.69 Å². The number of hydrogen-bond donors (Lipinski definition) is 1. The first-order valence-electron chi connectivity index (χ1n) is 12.1. The number of methoxy groups -OCH3 is 1. The van der Waals surface area contributed by atoms with E-state index in [1.807, 2.05) is 6.92 Å². The molecule has 0 saturated heterocycles. The summed E-state index contributed by atoms with van der Waals surface area (Å²) in [5, 5.41) is 3.02. The third-order valence-corrected chi connectivity index (χ3v) is 6.62. The van der Waals surface area contributed by atoms with Gasteiger partial charge < -0.3 is 10.1 Å². The van der Waals surface area contributed by atoms with Gasteiger partial charge in [0.25, 0.3) is 5.91 Å². The molecule has 1 aliphatic rings. The molecule has 0 aliphatic heterocycles. The van der Waals surface area contributed by atoms with Crippen molar-refractivity contribution in [2.45, 2.75) is 65.5 Å². The highest BCUT2D eigenvalue weighted by Gasteiger charge is 2.35. The van der Waals surface area contributed by atoms with Gasteiger partial charge in [0, 0.05) is 19.2 Å². The summed E-state index contributed by atoms with van der Waals surface area (Å²) >= 11 is -0.750. The Morgan fingerprint density at radius 2 is 1.89 bits per heavy atom. The number of rotatable bonds is 8. The summed E-state index contributed by atoms with van der Waals surface area (Å²) < 4.78 is 62.7. The van der Waals surface area contributed by atoms with Gasteiger partial charge in [-0.05, 0) is 48.8 Å². The minimum absolute atomic E-state index is 0.127. The maximum atomic E-state index is 13.0. The molecule has 1 heterocycles. The molecule has 0 radical (unpaired) electrons. The second-order valence-electron chi connectivity index (χ2n) is 9.32. The molecule has 1 saturated carbocycles. The Hall–Kier alpha value is -2.69. The summed E-state index contributed by atoms with van der Waals surface area (Å²) in [5.41, 5.74) is 1.51. The summed E-state index contributed by atoms with van der Waals surface area (Å²) in [7, 11) is 1.48. The van der Waals surface area contributed by atoms with Crippen LogP contribution in [-0.2, 0) is 24.4 Å². The third kappa shape index (κ3) is 8.18. The van der Waals surface area contributed by atoms with E-state index in [2.05, 4.69) is 17.2 Å². The standard InChI is InChI=1S/C25H34F3N3O2.O2S/c1-5-23-30-20(24(32)29-14-18-8-6-16(2)7-9-18)15-31(23)21-11-10-19(13-22(21)33-4)12-17(3)25(26,27)28;1-3-2/h10-11,13,15-18H,5-9,12,14H2,1-4H3,(H,29,32);/t16?,17-,18?;/m1./s1. The topological polar surface area (TPSA) is 90.3 Å². The average Bonchev–Trinajstić information content (AvgIpc) is 3.27. The molecular formula is C25H34F3N3O4S. The number of hydrogen-bond acceptors (Lipinski definition) is 5. The molecule has 0 bridgehead atoms. The Balaban J connectivity index is 0.00000145. The molecule has 0 unspecified atom stereocenters. The zero-order chi connectivity index (χ0) is 26.9. The summed E-state index contributed by atoms with van der Waals surface area (Å²) in [4.78, 5) is 17.3. The van der Waals surface area contributed by atoms with Gasteiger partial charge in [-0.3, -0.25) is 9.36 Å². The fourth-order valence-corrected chi connectivity index (χ4v) is 4.36. The number of carbonyl (C=O) groups excluding carboxylic acids is 1. The van der Waals surface area contributed by atoms with Gasteiger partial charge in [0.1, 0.15) is 17.3 Å². The minimum atomic E-state index is -4.25. The lowest BCUT2D eigenvalue weighted by Gasteiger charge is -2.26. The highest BCUT2D eigenvalue weighted by molar-refractivity contribution is 7.51. The lowest BCUT2D eigenvalue weighted by atomic mass is 9.83. The molecule has 3 rings (SSSR count). The number of carbonyl (C=O) groups is 1. The molecular weight excluding hydrogens is 495 g/mol. The Morgan fingerprint density at radius 3 is 2.44 bits per heavy atom. The molecule has 7 nitrogen and oxygen atoms in total. The average molecular weight is 530 g/mol. The highest BCUT2D eigenvalue weighted by atomic mass is 32.1. The van der Waals surface area contributed by atoms with Crippen LogP contribution in [0.2, 0.25) is 0 Å². The van der Waals surface area contributed by atoms with Gasteiger partial charge in [-0.2, -0.15) is 21.6 Å². The Bertz CT molecular complexity index is 1040. The number of aromatic nitrogens is 2. The number of halogens is 3. The molecule has 0 spiro atoms. The summed E-state index contributed by atoms with van der Waals surface area (Å²) in [6, 6.07) is 5.02. The predicted molar refractivity (Wildman–Crippen MR) is 131 cm³/mol. The number of amides is 1. The molecule has 36 heavy (non-hydrogen) atoms. The molecule has 1 fully saturated rings. The number of aryl methyl sites for hydroxylation is 1. The molecule has 1 atom stereocenters. The van der Waals surface area contributed by atoms with Crippen LogP contribution in [0.4, 0.5) is 13.2 Å². The predicted octanol–water partition coefficient (Wildman–Crippen LogP) is 5.07. The second-order valence-corrected chi connectivity index (χ2v) is 9.46. The molecule has 1 aromatic heterocycles. The van der Waals surface area contributed by atoms with E-state index in [0.717, 1.165) is 18.8 Å². The fourth-order valence-electron chi connectivity index (χ4n) is 4.36. The normalized spacial score (nSPS) is 18.5. The van der Waals surface area contributed by atoms with E-state index in [-0.39, 0.29) is 12.3 Å². The van der Waals surface area contributed by atoms with Gasteiger partial charge in [0.15, 0.2) is 0 Å². The van der Waals surface area contributed by atoms with E-state index in [1.165, 1.54) is 26.9 Å². The van der Waals surface area contributed by atoms with Gasteiger partial charge in [0.2, 0.25) is 0 Å². The van der Waals surface area contributed by atoms with Gasteiger partial charge >= 0.3 is 17.7 Å². The molecule has 200 valence electrons. The van der Waals surface area contributed by atoms with Gasteiger partial charge in [0.05, 0.1) is 18.7 Å². The van der Waals surface area contributed by atoms with Gasteiger partial charge in [-0.1, -0.05) is 39.7 Å². The Labute approximate surface area is 213 Å². The number of ether oxygens (including phenoxy) is 1.